The first-order valence-electron chi connectivity index (χ1n) is 5.77. The summed E-state index contributed by atoms with van der Waals surface area (Å²) in [5.74, 6) is 0.756. The van der Waals surface area contributed by atoms with Gasteiger partial charge in [-0.25, -0.2) is 0 Å². The van der Waals surface area contributed by atoms with Crippen molar-refractivity contribution in [2.45, 2.75) is 24.8 Å². The van der Waals surface area contributed by atoms with Crippen molar-refractivity contribution in [3.63, 3.8) is 0 Å². The van der Waals surface area contributed by atoms with Gasteiger partial charge in [0.25, 0.3) is 0 Å². The van der Waals surface area contributed by atoms with E-state index in [1.165, 1.54) is 0 Å². The van der Waals surface area contributed by atoms with Gasteiger partial charge in [0, 0.05) is 24.0 Å². The smallest absolute Gasteiger partial charge is 0.415 e. The molecule has 0 saturated heterocycles. The molecule has 2 rings (SSSR count). The van der Waals surface area contributed by atoms with E-state index in [4.69, 9.17) is 9.84 Å². The summed E-state index contributed by atoms with van der Waals surface area (Å²) in [6.07, 6.45) is -6.49. The van der Waals surface area contributed by atoms with E-state index in [0.29, 0.717) is 6.42 Å². The zero-order chi connectivity index (χ0) is 14.0. The van der Waals surface area contributed by atoms with E-state index in [1.54, 1.807) is 0 Å². The van der Waals surface area contributed by atoms with E-state index in [-0.39, 0.29) is 12.6 Å². The molecule has 0 aromatic heterocycles. The Morgan fingerprint density at radius 2 is 2.21 bits per heavy atom. The molecule has 7 heteroatoms. The van der Waals surface area contributed by atoms with Gasteiger partial charge in [0.2, 0.25) is 0 Å². The van der Waals surface area contributed by atoms with Crippen LogP contribution in [0.25, 0.3) is 0 Å². The van der Waals surface area contributed by atoms with Crippen molar-refractivity contribution in [3.8, 4) is 5.75 Å². The predicted octanol–water partition coefficient (Wildman–Crippen LogP) is 2.27. The maximum Gasteiger partial charge on any atom is 0.415 e. The average molecular weight is 340 g/mol. The van der Waals surface area contributed by atoms with Gasteiger partial charge < -0.3 is 15.2 Å². The molecule has 19 heavy (non-hydrogen) atoms. The van der Waals surface area contributed by atoms with Crippen molar-refractivity contribution in [1.82, 2.24) is 5.32 Å². The van der Waals surface area contributed by atoms with Crippen molar-refractivity contribution >= 4 is 15.9 Å². The van der Waals surface area contributed by atoms with Crippen molar-refractivity contribution in [2.75, 3.05) is 13.1 Å². The fourth-order valence-electron chi connectivity index (χ4n) is 1.90. The Kier molecular flexibility index (Phi) is 4.37. The molecule has 2 unspecified atom stereocenters. The molecule has 0 fully saturated rings. The van der Waals surface area contributed by atoms with Gasteiger partial charge in [-0.05, 0) is 23.8 Å². The number of nitrogens with one attached hydrogen (secondary N) is 1. The van der Waals surface area contributed by atoms with Crippen molar-refractivity contribution in [2.24, 2.45) is 0 Å². The molecule has 3 nitrogen and oxygen atoms in total. The van der Waals surface area contributed by atoms with Gasteiger partial charge in [0.05, 0.1) is 0 Å². The first-order valence-corrected chi connectivity index (χ1v) is 6.56. The van der Waals surface area contributed by atoms with Crippen molar-refractivity contribution in [3.05, 3.63) is 28.2 Å². The van der Waals surface area contributed by atoms with Gasteiger partial charge in [-0.15, -0.1) is 0 Å². The lowest BCUT2D eigenvalue weighted by Gasteiger charge is -2.17. The Hall–Kier alpha value is -0.790. The Bertz CT molecular complexity index is 453. The first-order chi connectivity index (χ1) is 8.86. The highest BCUT2D eigenvalue weighted by atomic mass is 79.9. The van der Waals surface area contributed by atoms with E-state index in [2.05, 4.69) is 21.2 Å². The minimum absolute atomic E-state index is 0.204. The van der Waals surface area contributed by atoms with Crippen LogP contribution in [0.3, 0.4) is 0 Å². The number of alkyl halides is 3. The molecule has 1 aliphatic rings. The third-order valence-corrected chi connectivity index (χ3v) is 3.34. The highest BCUT2D eigenvalue weighted by Gasteiger charge is 2.37. The summed E-state index contributed by atoms with van der Waals surface area (Å²) < 4.78 is 42.8. The second kappa shape index (κ2) is 5.68. The topological polar surface area (TPSA) is 41.5 Å². The average Bonchev–Trinajstić information content (AvgIpc) is 2.69. The van der Waals surface area contributed by atoms with E-state index < -0.39 is 18.8 Å². The van der Waals surface area contributed by atoms with Gasteiger partial charge in [-0.2, -0.15) is 13.2 Å². The lowest BCUT2D eigenvalue weighted by atomic mass is 10.1. The number of hydrogen-bond donors (Lipinski definition) is 2. The summed E-state index contributed by atoms with van der Waals surface area (Å²) in [4.78, 5) is 0. The fraction of sp³-hybridized carbons (Fsp3) is 0.500. The van der Waals surface area contributed by atoms with Crippen LogP contribution in [0.5, 0.6) is 5.75 Å². The lowest BCUT2D eigenvalue weighted by Crippen LogP contribution is -2.41. The summed E-state index contributed by atoms with van der Waals surface area (Å²) in [7, 11) is 0. The van der Waals surface area contributed by atoms with Crippen LogP contribution in [0.2, 0.25) is 0 Å². The monoisotopic (exact) mass is 339 g/mol. The third kappa shape index (κ3) is 3.84. The van der Waals surface area contributed by atoms with Crippen LogP contribution < -0.4 is 10.1 Å². The Labute approximate surface area is 116 Å². The van der Waals surface area contributed by atoms with E-state index >= 15 is 0 Å². The largest absolute Gasteiger partial charge is 0.488 e. The minimum atomic E-state index is -4.59. The third-order valence-electron chi connectivity index (χ3n) is 2.85. The summed E-state index contributed by atoms with van der Waals surface area (Å²) in [5.41, 5.74) is 1.03. The molecular formula is C12H13BrF3NO2. The minimum Gasteiger partial charge on any atom is -0.488 e. The Morgan fingerprint density at radius 3 is 2.89 bits per heavy atom. The lowest BCUT2D eigenvalue weighted by molar-refractivity contribution is -0.201. The second-order valence-corrected chi connectivity index (χ2v) is 5.33. The Morgan fingerprint density at radius 1 is 1.47 bits per heavy atom. The number of benzene rings is 1. The maximum atomic E-state index is 12.1. The SMILES string of the molecule is OC(CNCC1Cc2cc(Br)ccc2O1)C(F)(F)F. The summed E-state index contributed by atoms with van der Waals surface area (Å²) in [6, 6.07) is 5.60. The van der Waals surface area contributed by atoms with Crippen LogP contribution in [0.15, 0.2) is 22.7 Å². The first kappa shape index (κ1) is 14.6. The molecule has 0 aliphatic carbocycles. The molecule has 0 spiro atoms. The standard InChI is InChI=1S/C12H13BrF3NO2/c13-8-1-2-10-7(3-8)4-9(19-10)5-17-6-11(18)12(14,15)16/h1-3,9,11,17-18H,4-6H2. The number of halogens is 4. The van der Waals surface area contributed by atoms with Gasteiger partial charge in [0.15, 0.2) is 6.10 Å². The fourth-order valence-corrected chi connectivity index (χ4v) is 2.31. The van der Waals surface area contributed by atoms with Crippen LogP contribution in [0.4, 0.5) is 13.2 Å². The second-order valence-electron chi connectivity index (χ2n) is 4.41. The molecule has 0 saturated carbocycles. The highest BCUT2D eigenvalue weighted by Crippen LogP contribution is 2.31. The maximum absolute atomic E-state index is 12.1. The molecule has 2 N–H and O–H groups in total. The number of hydrogen-bond acceptors (Lipinski definition) is 3. The van der Waals surface area contributed by atoms with Crippen LogP contribution in [0.1, 0.15) is 5.56 Å². The number of rotatable bonds is 4. The molecule has 106 valence electrons. The van der Waals surface area contributed by atoms with Crippen LogP contribution >= 0.6 is 15.9 Å². The van der Waals surface area contributed by atoms with E-state index in [0.717, 1.165) is 15.8 Å². The Balaban J connectivity index is 1.78. The molecular weight excluding hydrogens is 327 g/mol. The van der Waals surface area contributed by atoms with Gasteiger partial charge >= 0.3 is 6.18 Å². The van der Waals surface area contributed by atoms with Crippen LogP contribution in [-0.2, 0) is 6.42 Å². The number of aliphatic hydroxyl groups is 1. The molecule has 2 atom stereocenters. The zero-order valence-electron chi connectivity index (χ0n) is 9.88. The molecule has 1 aromatic rings. The number of fused-ring (bicyclic) bond motifs is 1. The summed E-state index contributed by atoms with van der Waals surface area (Å²) >= 11 is 3.35. The highest BCUT2D eigenvalue weighted by molar-refractivity contribution is 9.10. The quantitative estimate of drug-likeness (QED) is 0.884. The zero-order valence-corrected chi connectivity index (χ0v) is 11.5. The predicted molar refractivity (Wildman–Crippen MR) is 67.2 cm³/mol. The van der Waals surface area contributed by atoms with E-state index in [9.17, 15) is 13.2 Å². The van der Waals surface area contributed by atoms with Crippen molar-refractivity contribution < 1.29 is 23.0 Å². The van der Waals surface area contributed by atoms with Crippen LogP contribution in [0, 0.1) is 0 Å². The van der Waals surface area contributed by atoms with Gasteiger partial charge in [-0.1, -0.05) is 15.9 Å². The molecule has 1 aromatic carbocycles. The van der Waals surface area contributed by atoms with Crippen molar-refractivity contribution in [1.29, 1.82) is 0 Å². The van der Waals surface area contributed by atoms with Gasteiger partial charge in [-0.3, -0.25) is 0 Å². The molecule has 0 amide bonds. The molecule has 1 heterocycles. The molecule has 0 radical (unpaired) electrons. The summed E-state index contributed by atoms with van der Waals surface area (Å²) in [5, 5.41) is 11.4. The van der Waals surface area contributed by atoms with Crippen LogP contribution in [-0.4, -0.2) is 36.6 Å². The molecule has 1 aliphatic heterocycles. The summed E-state index contributed by atoms with van der Waals surface area (Å²) in [6.45, 7) is -0.261. The number of ether oxygens (including phenoxy) is 1. The van der Waals surface area contributed by atoms with E-state index in [1.807, 2.05) is 18.2 Å². The normalized spacial score (nSPS) is 19.9. The van der Waals surface area contributed by atoms with Gasteiger partial charge in [0.1, 0.15) is 11.9 Å². The number of aliphatic hydroxyl groups excluding tert-OH is 1. The molecule has 0 bridgehead atoms.